The molecule has 0 bridgehead atoms. The lowest BCUT2D eigenvalue weighted by molar-refractivity contribution is -0.122. The van der Waals surface area contributed by atoms with Crippen LogP contribution in [-0.4, -0.2) is 52.6 Å². The zero-order valence-electron chi connectivity index (χ0n) is 20.9. The molecule has 1 aromatic heterocycles. The summed E-state index contributed by atoms with van der Waals surface area (Å²) in [7, 11) is 0. The van der Waals surface area contributed by atoms with Crippen LogP contribution in [0.15, 0.2) is 23.0 Å². The first-order chi connectivity index (χ1) is 16.5. The largest absolute Gasteiger partial charge is 0.494 e. The van der Waals surface area contributed by atoms with Crippen LogP contribution in [0.2, 0.25) is 0 Å². The summed E-state index contributed by atoms with van der Waals surface area (Å²) in [6.45, 7) is 7.92. The number of carbonyl (C=O) groups excluding carboxylic acids is 1. The number of hydrogen-bond acceptors (Lipinski definition) is 5. The highest BCUT2D eigenvalue weighted by molar-refractivity contribution is 5.80. The zero-order valence-corrected chi connectivity index (χ0v) is 20.9. The number of nitrogens with zero attached hydrogens (tertiary/aromatic N) is 3. The van der Waals surface area contributed by atoms with Gasteiger partial charge in [0.25, 0.3) is 5.56 Å². The van der Waals surface area contributed by atoms with E-state index < -0.39 is 0 Å². The first-order valence-electron chi connectivity index (χ1n) is 13.2. The van der Waals surface area contributed by atoms with Crippen molar-refractivity contribution >= 4 is 16.8 Å². The van der Waals surface area contributed by atoms with Crippen molar-refractivity contribution in [3.8, 4) is 5.75 Å². The molecule has 0 unspecified atom stereocenters. The summed E-state index contributed by atoms with van der Waals surface area (Å²) in [5, 5.41) is 3.43. The number of carbonyl (C=O) groups is 1. The van der Waals surface area contributed by atoms with Gasteiger partial charge in [0.15, 0.2) is 0 Å². The van der Waals surface area contributed by atoms with E-state index in [1.807, 2.05) is 26.0 Å². The molecule has 1 aliphatic carbocycles. The second-order valence-electron chi connectivity index (χ2n) is 10.2. The molecule has 0 spiro atoms. The fourth-order valence-electron chi connectivity index (χ4n) is 5.30. The van der Waals surface area contributed by atoms with Crippen LogP contribution in [0, 0.1) is 0 Å². The van der Waals surface area contributed by atoms with Gasteiger partial charge in [-0.3, -0.25) is 14.2 Å². The summed E-state index contributed by atoms with van der Waals surface area (Å²) in [5.74, 6) is 1.52. The number of rotatable bonds is 9. The highest BCUT2D eigenvalue weighted by Gasteiger charge is 2.24. The van der Waals surface area contributed by atoms with E-state index in [-0.39, 0.29) is 30.0 Å². The maximum Gasteiger partial charge on any atom is 0.262 e. The predicted octanol–water partition coefficient (Wildman–Crippen LogP) is 4.22. The maximum atomic E-state index is 13.6. The number of benzene rings is 1. The lowest BCUT2D eigenvalue weighted by Gasteiger charge is -2.26. The number of amides is 1. The number of piperidine rings is 1. The molecule has 0 atom stereocenters. The minimum Gasteiger partial charge on any atom is -0.494 e. The van der Waals surface area contributed by atoms with Crippen LogP contribution in [0.3, 0.4) is 0 Å². The smallest absolute Gasteiger partial charge is 0.262 e. The van der Waals surface area contributed by atoms with Gasteiger partial charge >= 0.3 is 0 Å². The summed E-state index contributed by atoms with van der Waals surface area (Å²) in [6, 6.07) is 5.63. The molecule has 2 fully saturated rings. The molecule has 1 amide bonds. The van der Waals surface area contributed by atoms with Gasteiger partial charge in [0.1, 0.15) is 18.1 Å². The van der Waals surface area contributed by atoms with E-state index in [0.29, 0.717) is 23.3 Å². The van der Waals surface area contributed by atoms with Crippen molar-refractivity contribution in [2.24, 2.45) is 0 Å². The number of likely N-dealkylation sites (tertiary alicyclic amines) is 1. The summed E-state index contributed by atoms with van der Waals surface area (Å²) in [4.78, 5) is 33.6. The van der Waals surface area contributed by atoms with Gasteiger partial charge in [0.2, 0.25) is 5.91 Å². The molecule has 2 aromatic rings. The second kappa shape index (κ2) is 11.8. The third-order valence-corrected chi connectivity index (χ3v) is 7.01. The zero-order chi connectivity index (χ0) is 23.9. The maximum absolute atomic E-state index is 13.6. The molecule has 4 rings (SSSR count). The van der Waals surface area contributed by atoms with E-state index in [1.165, 1.54) is 38.8 Å². The Morgan fingerprint density at radius 1 is 1.12 bits per heavy atom. The summed E-state index contributed by atoms with van der Waals surface area (Å²) in [5.41, 5.74) is 0.537. The molecule has 1 N–H and O–H groups in total. The van der Waals surface area contributed by atoms with Crippen LogP contribution in [0.25, 0.3) is 10.9 Å². The van der Waals surface area contributed by atoms with E-state index >= 15 is 0 Å². The third-order valence-electron chi connectivity index (χ3n) is 7.01. The Balaban J connectivity index is 1.53. The molecule has 186 valence electrons. The Bertz CT molecular complexity index is 1020. The van der Waals surface area contributed by atoms with Gasteiger partial charge in [-0.15, -0.1) is 0 Å². The average molecular weight is 469 g/mol. The number of ether oxygens (including phenoxy) is 1. The average Bonchev–Trinajstić information content (AvgIpc) is 2.84. The third kappa shape index (κ3) is 6.38. The quantitative estimate of drug-likeness (QED) is 0.558. The first-order valence-corrected chi connectivity index (χ1v) is 13.2. The van der Waals surface area contributed by atoms with E-state index in [4.69, 9.17) is 9.72 Å². The minimum absolute atomic E-state index is 0.00665. The molecule has 2 aliphatic rings. The molecular formula is C27H40N4O3. The summed E-state index contributed by atoms with van der Waals surface area (Å²) >= 11 is 0. The molecular weight excluding hydrogens is 428 g/mol. The number of fused-ring (bicyclic) bond motifs is 1. The molecule has 7 nitrogen and oxygen atoms in total. The molecule has 1 aliphatic heterocycles. The van der Waals surface area contributed by atoms with Gasteiger partial charge in [0, 0.05) is 18.5 Å². The number of hydrogen-bond donors (Lipinski definition) is 1. The lowest BCUT2D eigenvalue weighted by atomic mass is 9.88. The van der Waals surface area contributed by atoms with Crippen LogP contribution in [0.4, 0.5) is 0 Å². The van der Waals surface area contributed by atoms with Crippen molar-refractivity contribution < 1.29 is 9.53 Å². The van der Waals surface area contributed by atoms with Crippen LogP contribution in [-0.2, 0) is 11.3 Å². The van der Waals surface area contributed by atoms with Gasteiger partial charge in [-0.25, -0.2) is 4.98 Å². The first kappa shape index (κ1) is 24.7. The molecule has 1 saturated carbocycles. The standard InChI is InChI=1S/C27H40N4O3/c1-20(2)28-25(32)19-31-26(21-10-5-3-6-11-21)29-24-13-12-22(18-23(24)27(31)33)34-17-9-16-30-14-7-4-8-15-30/h12-13,18,20-21H,3-11,14-17,19H2,1-2H3,(H,28,32). The Morgan fingerprint density at radius 3 is 2.59 bits per heavy atom. The molecule has 2 heterocycles. The molecule has 1 saturated heterocycles. The topological polar surface area (TPSA) is 76.5 Å². The van der Waals surface area contributed by atoms with E-state index in [0.717, 1.165) is 44.5 Å². The fourth-order valence-corrected chi connectivity index (χ4v) is 5.30. The number of aromatic nitrogens is 2. The van der Waals surface area contributed by atoms with E-state index in [9.17, 15) is 9.59 Å². The van der Waals surface area contributed by atoms with Crippen molar-refractivity contribution in [2.75, 3.05) is 26.2 Å². The Hall–Kier alpha value is -2.41. The van der Waals surface area contributed by atoms with Crippen molar-refractivity contribution in [3.05, 3.63) is 34.4 Å². The van der Waals surface area contributed by atoms with Crippen molar-refractivity contribution in [2.45, 2.75) is 90.1 Å². The Labute approximate surface area is 202 Å². The van der Waals surface area contributed by atoms with E-state index in [2.05, 4.69) is 10.2 Å². The second-order valence-corrected chi connectivity index (χ2v) is 10.2. The highest BCUT2D eigenvalue weighted by atomic mass is 16.5. The summed E-state index contributed by atoms with van der Waals surface area (Å²) < 4.78 is 7.61. The minimum atomic E-state index is -0.152. The van der Waals surface area contributed by atoms with Crippen LogP contribution >= 0.6 is 0 Å². The SMILES string of the molecule is CC(C)NC(=O)Cn1c(C2CCCCC2)nc2ccc(OCCCN3CCCCC3)cc2c1=O. The normalized spacial score (nSPS) is 17.9. The van der Waals surface area contributed by atoms with Crippen LogP contribution in [0.1, 0.15) is 83.4 Å². The number of nitrogens with one attached hydrogen (secondary N) is 1. The van der Waals surface area contributed by atoms with Crippen LogP contribution in [0.5, 0.6) is 5.75 Å². The monoisotopic (exact) mass is 468 g/mol. The molecule has 7 heteroatoms. The summed E-state index contributed by atoms with van der Waals surface area (Å²) in [6.07, 6.45) is 10.4. The van der Waals surface area contributed by atoms with E-state index in [1.54, 1.807) is 10.6 Å². The fraction of sp³-hybridized carbons (Fsp3) is 0.667. The van der Waals surface area contributed by atoms with Crippen molar-refractivity contribution in [3.63, 3.8) is 0 Å². The molecule has 1 aromatic carbocycles. The van der Waals surface area contributed by atoms with Gasteiger partial charge < -0.3 is 15.0 Å². The van der Waals surface area contributed by atoms with Gasteiger partial charge in [-0.2, -0.15) is 0 Å². The van der Waals surface area contributed by atoms with Gasteiger partial charge in [-0.1, -0.05) is 25.7 Å². The lowest BCUT2D eigenvalue weighted by Crippen LogP contribution is -2.38. The molecule has 0 radical (unpaired) electrons. The van der Waals surface area contributed by atoms with Crippen LogP contribution < -0.4 is 15.6 Å². The Morgan fingerprint density at radius 2 is 1.85 bits per heavy atom. The predicted molar refractivity (Wildman–Crippen MR) is 136 cm³/mol. The Kier molecular flexibility index (Phi) is 8.59. The van der Waals surface area contributed by atoms with Crippen molar-refractivity contribution in [1.29, 1.82) is 0 Å². The van der Waals surface area contributed by atoms with Gasteiger partial charge in [-0.05, 0) is 77.2 Å². The molecule has 34 heavy (non-hydrogen) atoms. The van der Waals surface area contributed by atoms with Gasteiger partial charge in [0.05, 0.1) is 17.5 Å². The highest BCUT2D eigenvalue weighted by Crippen LogP contribution is 2.32. The van der Waals surface area contributed by atoms with Crippen molar-refractivity contribution in [1.82, 2.24) is 19.8 Å².